The number of benzene rings is 1. The van der Waals surface area contributed by atoms with Crippen LogP contribution in [0, 0.1) is 0 Å². The molecule has 2 rings (SSSR count). The highest BCUT2D eigenvalue weighted by Gasteiger charge is 2.10. The number of carbonyl (C=O) groups excluding carboxylic acids is 2. The van der Waals surface area contributed by atoms with Gasteiger partial charge in [-0.05, 0) is 24.6 Å². The molecule has 2 amide bonds. The van der Waals surface area contributed by atoms with E-state index < -0.39 is 0 Å². The van der Waals surface area contributed by atoms with Gasteiger partial charge in [0.15, 0.2) is 0 Å². The van der Waals surface area contributed by atoms with Crippen LogP contribution in [0.3, 0.4) is 0 Å². The lowest BCUT2D eigenvalue weighted by molar-refractivity contribution is -0.118. The van der Waals surface area contributed by atoms with Gasteiger partial charge in [0.1, 0.15) is 0 Å². The predicted octanol–water partition coefficient (Wildman–Crippen LogP) is 1.23. The highest BCUT2D eigenvalue weighted by Crippen LogP contribution is 2.22. The molecular weight excluding hydrogens is 270 g/mol. The average molecular weight is 289 g/mol. The summed E-state index contributed by atoms with van der Waals surface area (Å²) in [7, 11) is 0. The summed E-state index contributed by atoms with van der Waals surface area (Å²) in [5, 5.41) is 2.81. The topological polar surface area (TPSA) is 116 Å². The molecule has 0 radical (unpaired) electrons. The third kappa shape index (κ3) is 3.50. The molecule has 0 spiro atoms. The molecule has 21 heavy (non-hydrogen) atoms. The zero-order chi connectivity index (χ0) is 15.4. The number of imidazole rings is 1. The monoisotopic (exact) mass is 289 g/mol. The highest BCUT2D eigenvalue weighted by molar-refractivity contribution is 5.93. The number of nitrogens with one attached hydrogen (secondary N) is 1. The summed E-state index contributed by atoms with van der Waals surface area (Å²) < 4.78 is 1.73. The first-order valence-electron chi connectivity index (χ1n) is 6.85. The van der Waals surface area contributed by atoms with Gasteiger partial charge in [0, 0.05) is 25.1 Å². The van der Waals surface area contributed by atoms with Crippen molar-refractivity contribution in [3.8, 4) is 0 Å². The number of aromatic nitrogens is 2. The molecule has 0 aliphatic rings. The summed E-state index contributed by atoms with van der Waals surface area (Å²) >= 11 is 0. The summed E-state index contributed by atoms with van der Waals surface area (Å²) in [6.45, 7) is 2.34. The first-order valence-corrected chi connectivity index (χ1v) is 6.85. The van der Waals surface area contributed by atoms with E-state index in [0.717, 1.165) is 11.9 Å². The number of anilines is 2. The number of nitrogen functional groups attached to an aromatic ring is 1. The van der Waals surface area contributed by atoms with Gasteiger partial charge in [0.25, 0.3) is 0 Å². The second kappa shape index (κ2) is 6.25. The third-order valence-electron chi connectivity index (χ3n) is 3.12. The first-order chi connectivity index (χ1) is 10.0. The number of hydrogen-bond donors (Lipinski definition) is 3. The molecule has 0 saturated carbocycles. The fourth-order valence-electron chi connectivity index (χ4n) is 2.13. The van der Waals surface area contributed by atoms with Crippen LogP contribution in [0.4, 0.5) is 11.6 Å². The minimum absolute atomic E-state index is 0.0296. The minimum Gasteiger partial charge on any atom is -0.370 e. The summed E-state index contributed by atoms with van der Waals surface area (Å²) in [6, 6.07) is 5.37. The van der Waals surface area contributed by atoms with E-state index in [1.54, 1.807) is 16.7 Å². The fraction of sp³-hybridized carbons (Fsp3) is 0.357. The smallest absolute Gasteiger partial charge is 0.224 e. The highest BCUT2D eigenvalue weighted by atomic mass is 16.1. The molecule has 7 nitrogen and oxygen atoms in total. The van der Waals surface area contributed by atoms with Crippen molar-refractivity contribution in [2.75, 3.05) is 11.1 Å². The van der Waals surface area contributed by atoms with Crippen LogP contribution in [0.25, 0.3) is 11.0 Å². The van der Waals surface area contributed by atoms with Crippen molar-refractivity contribution in [2.45, 2.75) is 32.7 Å². The van der Waals surface area contributed by atoms with E-state index in [-0.39, 0.29) is 18.2 Å². The van der Waals surface area contributed by atoms with Crippen molar-refractivity contribution in [1.29, 1.82) is 0 Å². The van der Waals surface area contributed by atoms with Crippen LogP contribution >= 0.6 is 0 Å². The van der Waals surface area contributed by atoms with Crippen LogP contribution < -0.4 is 16.8 Å². The zero-order valence-corrected chi connectivity index (χ0v) is 11.9. The number of amides is 2. The molecule has 2 aromatic rings. The zero-order valence-electron chi connectivity index (χ0n) is 11.9. The lowest BCUT2D eigenvalue weighted by Gasteiger charge is -2.06. The Morgan fingerprint density at radius 1 is 1.33 bits per heavy atom. The van der Waals surface area contributed by atoms with E-state index in [0.29, 0.717) is 30.1 Å². The van der Waals surface area contributed by atoms with Gasteiger partial charge in [-0.3, -0.25) is 9.59 Å². The van der Waals surface area contributed by atoms with Gasteiger partial charge in [0.2, 0.25) is 17.8 Å². The van der Waals surface area contributed by atoms with Gasteiger partial charge in [-0.1, -0.05) is 6.92 Å². The number of hydrogen-bond acceptors (Lipinski definition) is 4. The van der Waals surface area contributed by atoms with Gasteiger partial charge >= 0.3 is 0 Å². The van der Waals surface area contributed by atoms with Crippen molar-refractivity contribution in [3.05, 3.63) is 18.2 Å². The van der Waals surface area contributed by atoms with Gasteiger partial charge in [-0.25, -0.2) is 4.98 Å². The molecule has 0 aliphatic carbocycles. The average Bonchev–Trinajstić information content (AvgIpc) is 2.71. The Kier molecular flexibility index (Phi) is 4.42. The van der Waals surface area contributed by atoms with Crippen LogP contribution in [-0.4, -0.2) is 21.4 Å². The molecule has 0 unspecified atom stereocenters. The molecule has 0 fully saturated rings. The Morgan fingerprint density at radius 2 is 2.10 bits per heavy atom. The standard InChI is InChI=1S/C14H19N5O2/c1-2-3-13(21)17-9-4-5-11-10(8-9)18-14(16)19(11)7-6-12(15)20/h4-5,8H,2-3,6-7H2,1H3,(H2,15,20)(H2,16,18)(H,17,21). The van der Waals surface area contributed by atoms with Crippen LogP contribution in [0.1, 0.15) is 26.2 Å². The molecule has 5 N–H and O–H groups in total. The lowest BCUT2D eigenvalue weighted by atomic mass is 10.2. The van der Waals surface area contributed by atoms with Crippen molar-refractivity contribution in [1.82, 2.24) is 9.55 Å². The van der Waals surface area contributed by atoms with Crippen molar-refractivity contribution >= 4 is 34.5 Å². The summed E-state index contributed by atoms with van der Waals surface area (Å²) in [5.41, 5.74) is 13.2. The van der Waals surface area contributed by atoms with Crippen LogP contribution in [0.2, 0.25) is 0 Å². The first kappa shape index (κ1) is 14.8. The largest absolute Gasteiger partial charge is 0.370 e. The van der Waals surface area contributed by atoms with Gasteiger partial charge in [0.05, 0.1) is 11.0 Å². The molecule has 7 heteroatoms. The summed E-state index contributed by atoms with van der Waals surface area (Å²) in [6.07, 6.45) is 1.47. The van der Waals surface area contributed by atoms with Crippen molar-refractivity contribution in [2.24, 2.45) is 5.73 Å². The maximum atomic E-state index is 11.6. The van der Waals surface area contributed by atoms with E-state index in [4.69, 9.17) is 11.5 Å². The van der Waals surface area contributed by atoms with Crippen LogP contribution in [0.5, 0.6) is 0 Å². The third-order valence-corrected chi connectivity index (χ3v) is 3.12. The minimum atomic E-state index is -0.389. The molecule has 1 heterocycles. The summed E-state index contributed by atoms with van der Waals surface area (Å²) in [5.74, 6) is -0.0963. The maximum absolute atomic E-state index is 11.6. The lowest BCUT2D eigenvalue weighted by Crippen LogP contribution is -2.14. The van der Waals surface area contributed by atoms with E-state index in [9.17, 15) is 9.59 Å². The number of fused-ring (bicyclic) bond motifs is 1. The Morgan fingerprint density at radius 3 is 2.76 bits per heavy atom. The number of nitrogens with two attached hydrogens (primary N) is 2. The second-order valence-corrected chi connectivity index (χ2v) is 4.84. The SMILES string of the molecule is CCCC(=O)Nc1ccc2c(c1)nc(N)n2CCC(N)=O. The molecule has 112 valence electrons. The molecular formula is C14H19N5O2. The van der Waals surface area contributed by atoms with E-state index in [1.807, 2.05) is 13.0 Å². The van der Waals surface area contributed by atoms with Crippen LogP contribution in [0.15, 0.2) is 18.2 Å². The van der Waals surface area contributed by atoms with E-state index >= 15 is 0 Å². The number of aryl methyl sites for hydroxylation is 1. The Labute approximate surface area is 122 Å². The molecule has 1 aromatic heterocycles. The van der Waals surface area contributed by atoms with Gasteiger partial charge in [-0.15, -0.1) is 0 Å². The number of nitrogens with zero attached hydrogens (tertiary/aromatic N) is 2. The Bertz CT molecular complexity index is 677. The predicted molar refractivity (Wildman–Crippen MR) is 81.5 cm³/mol. The van der Waals surface area contributed by atoms with Crippen LogP contribution in [-0.2, 0) is 16.1 Å². The van der Waals surface area contributed by atoms with Gasteiger partial charge < -0.3 is 21.4 Å². The number of carbonyl (C=O) groups is 2. The van der Waals surface area contributed by atoms with Crippen molar-refractivity contribution in [3.63, 3.8) is 0 Å². The normalized spacial score (nSPS) is 10.7. The maximum Gasteiger partial charge on any atom is 0.224 e. The quantitative estimate of drug-likeness (QED) is 0.741. The number of primary amides is 1. The second-order valence-electron chi connectivity index (χ2n) is 4.84. The molecule has 0 aliphatic heterocycles. The van der Waals surface area contributed by atoms with E-state index in [2.05, 4.69) is 10.3 Å². The van der Waals surface area contributed by atoms with Gasteiger partial charge in [-0.2, -0.15) is 0 Å². The molecule has 0 atom stereocenters. The van der Waals surface area contributed by atoms with E-state index in [1.165, 1.54) is 0 Å². The van der Waals surface area contributed by atoms with Crippen molar-refractivity contribution < 1.29 is 9.59 Å². The number of rotatable bonds is 6. The molecule has 0 saturated heterocycles. The molecule has 1 aromatic carbocycles. The summed E-state index contributed by atoms with van der Waals surface area (Å²) in [4.78, 5) is 26.7. The fourth-order valence-corrected chi connectivity index (χ4v) is 2.13. The Balaban J connectivity index is 2.24. The molecule has 0 bridgehead atoms. The Hall–Kier alpha value is -2.57.